The van der Waals surface area contributed by atoms with Crippen LogP contribution in [0.15, 0.2) is 54.6 Å². The molecule has 1 aliphatic rings. The highest BCUT2D eigenvalue weighted by molar-refractivity contribution is 6.31. The van der Waals surface area contributed by atoms with Crippen molar-refractivity contribution in [2.75, 3.05) is 13.1 Å². The number of halogens is 1. The van der Waals surface area contributed by atoms with E-state index in [-0.39, 0.29) is 17.9 Å². The molecule has 0 spiro atoms. The van der Waals surface area contributed by atoms with E-state index in [2.05, 4.69) is 28.4 Å². The van der Waals surface area contributed by atoms with Crippen LogP contribution in [0.25, 0.3) is 0 Å². The molecule has 0 radical (unpaired) electrons. The van der Waals surface area contributed by atoms with E-state index in [9.17, 15) is 4.79 Å². The molecule has 3 nitrogen and oxygen atoms in total. The third-order valence-corrected chi connectivity index (χ3v) is 5.26. The zero-order chi connectivity index (χ0) is 17.6. The lowest BCUT2D eigenvalue weighted by Crippen LogP contribution is -2.43. The summed E-state index contributed by atoms with van der Waals surface area (Å²) in [6.45, 7) is 4.65. The molecule has 0 aromatic heterocycles. The second kappa shape index (κ2) is 8.50. The van der Waals surface area contributed by atoms with Gasteiger partial charge in [-0.15, -0.1) is 0 Å². The summed E-state index contributed by atoms with van der Waals surface area (Å²) in [4.78, 5) is 15.0. The van der Waals surface area contributed by atoms with Crippen molar-refractivity contribution in [3.63, 3.8) is 0 Å². The van der Waals surface area contributed by atoms with Gasteiger partial charge in [0, 0.05) is 18.1 Å². The van der Waals surface area contributed by atoms with Crippen molar-refractivity contribution in [3.05, 3.63) is 70.7 Å². The smallest absolute Gasteiger partial charge is 0.224 e. The van der Waals surface area contributed by atoms with Gasteiger partial charge in [-0.3, -0.25) is 9.69 Å². The maximum absolute atomic E-state index is 12.7. The Balaban J connectivity index is 1.57. The molecule has 4 heteroatoms. The van der Waals surface area contributed by atoms with Crippen LogP contribution in [0.3, 0.4) is 0 Å². The van der Waals surface area contributed by atoms with Gasteiger partial charge in [0.15, 0.2) is 0 Å². The summed E-state index contributed by atoms with van der Waals surface area (Å²) in [5.41, 5.74) is 2.27. The van der Waals surface area contributed by atoms with Gasteiger partial charge in [-0.05, 0) is 43.5 Å². The standard InChI is InChI=1S/C21H25ClN2O/c1-16(17-8-3-2-4-9-17)23-21(25)19-11-7-13-24(15-19)14-18-10-5-6-12-20(18)22/h2-6,8-10,12,16,19H,7,11,13-15H2,1H3,(H,23,25)/t16-,19+/m1/s1. The first-order chi connectivity index (χ1) is 12.1. The van der Waals surface area contributed by atoms with E-state index < -0.39 is 0 Å². The Bertz CT molecular complexity index is 704. The number of hydrogen-bond donors (Lipinski definition) is 1. The third kappa shape index (κ3) is 4.83. The topological polar surface area (TPSA) is 32.3 Å². The van der Waals surface area contributed by atoms with Gasteiger partial charge in [0.25, 0.3) is 0 Å². The molecular weight excluding hydrogens is 332 g/mol. The van der Waals surface area contributed by atoms with Crippen molar-refractivity contribution in [1.82, 2.24) is 10.2 Å². The summed E-state index contributed by atoms with van der Waals surface area (Å²) in [6.07, 6.45) is 1.99. The van der Waals surface area contributed by atoms with E-state index in [1.807, 2.05) is 43.3 Å². The maximum Gasteiger partial charge on any atom is 0.224 e. The summed E-state index contributed by atoms with van der Waals surface area (Å²) in [5, 5.41) is 3.97. The molecule has 25 heavy (non-hydrogen) atoms. The van der Waals surface area contributed by atoms with Crippen molar-refractivity contribution < 1.29 is 4.79 Å². The fraction of sp³-hybridized carbons (Fsp3) is 0.381. The van der Waals surface area contributed by atoms with E-state index in [1.165, 1.54) is 0 Å². The lowest BCUT2D eigenvalue weighted by atomic mass is 9.96. The number of likely N-dealkylation sites (tertiary alicyclic amines) is 1. The minimum absolute atomic E-state index is 0.0349. The Morgan fingerprint density at radius 2 is 1.92 bits per heavy atom. The van der Waals surface area contributed by atoms with Gasteiger partial charge >= 0.3 is 0 Å². The minimum atomic E-state index is 0.0349. The van der Waals surface area contributed by atoms with E-state index in [1.54, 1.807) is 0 Å². The normalized spacial score (nSPS) is 19.4. The predicted molar refractivity (Wildman–Crippen MR) is 102 cm³/mol. The minimum Gasteiger partial charge on any atom is -0.349 e. The first kappa shape index (κ1) is 18.0. The Labute approximate surface area is 155 Å². The number of benzene rings is 2. The molecule has 1 saturated heterocycles. The summed E-state index contributed by atoms with van der Waals surface area (Å²) in [5.74, 6) is 0.197. The first-order valence-electron chi connectivity index (χ1n) is 8.94. The van der Waals surface area contributed by atoms with Gasteiger partial charge in [0.05, 0.1) is 12.0 Å². The molecule has 1 fully saturated rings. The largest absolute Gasteiger partial charge is 0.349 e. The molecule has 1 heterocycles. The second-order valence-electron chi connectivity index (χ2n) is 6.81. The van der Waals surface area contributed by atoms with Gasteiger partial charge in [0.2, 0.25) is 5.91 Å². The fourth-order valence-electron chi connectivity index (χ4n) is 3.44. The summed E-state index contributed by atoms with van der Waals surface area (Å²) in [7, 11) is 0. The Kier molecular flexibility index (Phi) is 6.11. The number of piperidine rings is 1. The molecule has 1 aliphatic heterocycles. The number of nitrogens with one attached hydrogen (secondary N) is 1. The third-order valence-electron chi connectivity index (χ3n) is 4.89. The molecule has 0 aliphatic carbocycles. The van der Waals surface area contributed by atoms with Crippen LogP contribution < -0.4 is 5.32 Å². The van der Waals surface area contributed by atoms with Crippen LogP contribution in [-0.4, -0.2) is 23.9 Å². The molecule has 3 rings (SSSR count). The summed E-state index contributed by atoms with van der Waals surface area (Å²) < 4.78 is 0. The van der Waals surface area contributed by atoms with Gasteiger partial charge in [-0.25, -0.2) is 0 Å². The first-order valence-corrected chi connectivity index (χ1v) is 9.32. The highest BCUT2D eigenvalue weighted by Crippen LogP contribution is 2.23. The van der Waals surface area contributed by atoms with Crippen LogP contribution in [0.4, 0.5) is 0 Å². The van der Waals surface area contributed by atoms with Gasteiger partial charge in [-0.2, -0.15) is 0 Å². The number of carbonyl (C=O) groups is 1. The molecule has 2 aromatic carbocycles. The molecule has 2 atom stereocenters. The van der Waals surface area contributed by atoms with Crippen molar-refractivity contribution in [2.24, 2.45) is 5.92 Å². The Morgan fingerprint density at radius 3 is 2.68 bits per heavy atom. The van der Waals surface area contributed by atoms with Crippen LogP contribution in [0.2, 0.25) is 5.02 Å². The molecule has 1 N–H and O–H groups in total. The van der Waals surface area contributed by atoms with E-state index >= 15 is 0 Å². The van der Waals surface area contributed by atoms with E-state index in [0.717, 1.165) is 48.6 Å². The highest BCUT2D eigenvalue weighted by Gasteiger charge is 2.27. The number of amides is 1. The quantitative estimate of drug-likeness (QED) is 0.859. The number of rotatable bonds is 5. The van der Waals surface area contributed by atoms with Crippen LogP contribution in [0.1, 0.15) is 36.9 Å². The Hall–Kier alpha value is -1.84. The molecule has 1 amide bonds. The molecule has 0 saturated carbocycles. The number of nitrogens with zero attached hydrogens (tertiary/aromatic N) is 1. The summed E-state index contributed by atoms with van der Waals surface area (Å²) in [6, 6.07) is 18.1. The zero-order valence-corrected chi connectivity index (χ0v) is 15.4. The molecular formula is C21H25ClN2O. The van der Waals surface area contributed by atoms with Crippen molar-refractivity contribution in [1.29, 1.82) is 0 Å². The van der Waals surface area contributed by atoms with Crippen LogP contribution in [0.5, 0.6) is 0 Å². The summed E-state index contributed by atoms with van der Waals surface area (Å²) >= 11 is 6.27. The van der Waals surface area contributed by atoms with Gasteiger partial charge in [0.1, 0.15) is 0 Å². The monoisotopic (exact) mass is 356 g/mol. The zero-order valence-electron chi connectivity index (χ0n) is 14.6. The van der Waals surface area contributed by atoms with Crippen LogP contribution in [0, 0.1) is 5.92 Å². The Morgan fingerprint density at radius 1 is 1.20 bits per heavy atom. The van der Waals surface area contributed by atoms with E-state index in [0.29, 0.717) is 0 Å². The average molecular weight is 357 g/mol. The lowest BCUT2D eigenvalue weighted by molar-refractivity contribution is -0.127. The fourth-order valence-corrected chi connectivity index (χ4v) is 3.63. The lowest BCUT2D eigenvalue weighted by Gasteiger charge is -2.32. The molecule has 0 bridgehead atoms. The molecule has 2 aromatic rings. The SMILES string of the molecule is C[C@@H](NC(=O)[C@H]1CCCN(Cc2ccccc2Cl)C1)c1ccccc1. The van der Waals surface area contributed by atoms with Crippen LogP contribution in [-0.2, 0) is 11.3 Å². The average Bonchev–Trinajstić information content (AvgIpc) is 2.64. The number of carbonyl (C=O) groups excluding carboxylic acids is 1. The van der Waals surface area contributed by atoms with Crippen molar-refractivity contribution in [2.45, 2.75) is 32.4 Å². The van der Waals surface area contributed by atoms with Crippen LogP contribution >= 0.6 is 11.6 Å². The van der Waals surface area contributed by atoms with Crippen molar-refractivity contribution >= 4 is 17.5 Å². The van der Waals surface area contributed by atoms with E-state index in [4.69, 9.17) is 11.6 Å². The van der Waals surface area contributed by atoms with Crippen molar-refractivity contribution in [3.8, 4) is 0 Å². The maximum atomic E-state index is 12.7. The predicted octanol–water partition coefficient (Wildman–Crippen LogP) is 4.43. The molecule has 132 valence electrons. The van der Waals surface area contributed by atoms with Gasteiger partial charge in [-0.1, -0.05) is 60.1 Å². The second-order valence-corrected chi connectivity index (χ2v) is 7.21. The molecule has 0 unspecified atom stereocenters. The van der Waals surface area contributed by atoms with Gasteiger partial charge < -0.3 is 5.32 Å². The highest BCUT2D eigenvalue weighted by atomic mass is 35.5. The number of hydrogen-bond acceptors (Lipinski definition) is 2.